The molecule has 0 radical (unpaired) electrons. The molecule has 27 heavy (non-hydrogen) atoms. The molecule has 1 saturated heterocycles. The molecule has 1 aliphatic heterocycles. The molecule has 1 fully saturated rings. The van der Waals surface area contributed by atoms with Gasteiger partial charge in [-0.25, -0.2) is 4.57 Å². The summed E-state index contributed by atoms with van der Waals surface area (Å²) in [6, 6.07) is 0. The van der Waals surface area contributed by atoms with Gasteiger partial charge in [0.15, 0.2) is 6.35 Å². The van der Waals surface area contributed by atoms with Crippen molar-refractivity contribution in [3.63, 3.8) is 0 Å². The van der Waals surface area contributed by atoms with E-state index in [4.69, 9.17) is 22.6 Å². The standard InChI is InChI=1S/C18H38O7P2/c1-5-9-12-18(8-4)15-23-26(19,24-16-18)17-25-27(20,21-13-10-6-2)22-14-11-7-3/h5-17H2,1-4H3. The van der Waals surface area contributed by atoms with Gasteiger partial charge in [-0.3, -0.25) is 18.1 Å². The summed E-state index contributed by atoms with van der Waals surface area (Å²) >= 11 is 0. The quantitative estimate of drug-likeness (QED) is 0.217. The Hall–Kier alpha value is 0.260. The normalized spacial score (nSPS) is 26.4. The van der Waals surface area contributed by atoms with Crippen LogP contribution in [0, 0.1) is 5.41 Å². The lowest BCUT2D eigenvalue weighted by Crippen LogP contribution is -2.35. The number of phosphoric acid groups is 1. The van der Waals surface area contributed by atoms with Crippen LogP contribution >= 0.6 is 15.4 Å². The molecule has 0 atom stereocenters. The van der Waals surface area contributed by atoms with Gasteiger partial charge in [-0.1, -0.05) is 53.4 Å². The third kappa shape index (κ3) is 9.08. The van der Waals surface area contributed by atoms with Gasteiger partial charge in [-0.2, -0.15) is 0 Å². The van der Waals surface area contributed by atoms with Crippen LogP contribution in [0.1, 0.15) is 79.1 Å². The van der Waals surface area contributed by atoms with E-state index in [0.29, 0.717) is 13.2 Å². The lowest BCUT2D eigenvalue weighted by Gasteiger charge is -2.39. The first-order valence-corrected chi connectivity index (χ1v) is 13.5. The van der Waals surface area contributed by atoms with Gasteiger partial charge >= 0.3 is 15.4 Å². The summed E-state index contributed by atoms with van der Waals surface area (Å²) < 4.78 is 52.8. The van der Waals surface area contributed by atoms with Crippen LogP contribution in [0.3, 0.4) is 0 Å². The molecule has 0 N–H and O–H groups in total. The highest BCUT2D eigenvalue weighted by molar-refractivity contribution is 7.55. The molecule has 7 nitrogen and oxygen atoms in total. The van der Waals surface area contributed by atoms with Crippen LogP contribution in [0.5, 0.6) is 0 Å². The molecule has 1 aliphatic rings. The van der Waals surface area contributed by atoms with Crippen molar-refractivity contribution in [3.8, 4) is 0 Å². The molecule has 162 valence electrons. The van der Waals surface area contributed by atoms with E-state index in [1.807, 2.05) is 13.8 Å². The van der Waals surface area contributed by atoms with Crippen molar-refractivity contribution in [2.45, 2.75) is 79.1 Å². The van der Waals surface area contributed by atoms with Gasteiger partial charge in [0.25, 0.3) is 0 Å². The number of unbranched alkanes of at least 4 members (excludes halogenated alkanes) is 3. The minimum Gasteiger partial charge on any atom is -0.306 e. The summed E-state index contributed by atoms with van der Waals surface area (Å²) in [4.78, 5) is 0. The molecular weight excluding hydrogens is 390 g/mol. The van der Waals surface area contributed by atoms with Crippen molar-refractivity contribution < 1.29 is 31.7 Å². The molecule has 0 aromatic heterocycles. The molecule has 0 saturated carbocycles. The van der Waals surface area contributed by atoms with Gasteiger partial charge in [0.05, 0.1) is 26.4 Å². The molecular formula is C18H38O7P2. The Kier molecular flexibility index (Phi) is 11.9. The third-order valence-corrected chi connectivity index (χ3v) is 7.95. The monoisotopic (exact) mass is 428 g/mol. The molecule has 1 heterocycles. The first kappa shape index (κ1) is 25.3. The second kappa shape index (κ2) is 12.7. The summed E-state index contributed by atoms with van der Waals surface area (Å²) in [7, 11) is -7.24. The number of rotatable bonds is 15. The summed E-state index contributed by atoms with van der Waals surface area (Å²) in [6.45, 7) is 9.50. The van der Waals surface area contributed by atoms with Crippen LogP contribution in [0.4, 0.5) is 0 Å². The van der Waals surface area contributed by atoms with E-state index >= 15 is 0 Å². The fraction of sp³-hybridized carbons (Fsp3) is 1.00. The highest BCUT2D eigenvalue weighted by Crippen LogP contribution is 2.60. The third-order valence-electron chi connectivity index (χ3n) is 4.81. The average Bonchev–Trinajstić information content (AvgIpc) is 2.67. The van der Waals surface area contributed by atoms with Crippen molar-refractivity contribution in [1.29, 1.82) is 0 Å². The molecule has 0 aromatic carbocycles. The smallest absolute Gasteiger partial charge is 0.306 e. The average molecular weight is 428 g/mol. The highest BCUT2D eigenvalue weighted by Gasteiger charge is 2.42. The van der Waals surface area contributed by atoms with E-state index in [1.165, 1.54) is 0 Å². The summed E-state index contributed by atoms with van der Waals surface area (Å²) in [6.07, 6.45) is 6.90. The van der Waals surface area contributed by atoms with Crippen LogP contribution in [0.15, 0.2) is 0 Å². The molecule has 0 unspecified atom stereocenters. The molecule has 0 bridgehead atoms. The molecule has 0 aromatic rings. The predicted octanol–water partition coefficient (Wildman–Crippen LogP) is 6.53. The van der Waals surface area contributed by atoms with Crippen LogP contribution in [-0.4, -0.2) is 32.8 Å². The second-order valence-electron chi connectivity index (χ2n) is 7.19. The molecule has 9 heteroatoms. The van der Waals surface area contributed by atoms with E-state index < -0.39 is 21.8 Å². The maximum atomic E-state index is 12.8. The van der Waals surface area contributed by atoms with E-state index in [1.54, 1.807) is 0 Å². The van der Waals surface area contributed by atoms with Crippen molar-refractivity contribution >= 4 is 15.4 Å². The van der Waals surface area contributed by atoms with Crippen LogP contribution < -0.4 is 0 Å². The lowest BCUT2D eigenvalue weighted by molar-refractivity contribution is 0.000380. The zero-order valence-electron chi connectivity index (χ0n) is 17.4. The van der Waals surface area contributed by atoms with E-state index in [2.05, 4.69) is 13.8 Å². The fourth-order valence-corrected chi connectivity index (χ4v) is 5.82. The van der Waals surface area contributed by atoms with E-state index in [0.717, 1.165) is 51.4 Å². The van der Waals surface area contributed by atoms with Gasteiger partial charge in [0, 0.05) is 5.41 Å². The van der Waals surface area contributed by atoms with Gasteiger partial charge in [0.1, 0.15) is 0 Å². The maximum absolute atomic E-state index is 12.8. The summed E-state index contributed by atoms with van der Waals surface area (Å²) in [5, 5.41) is 0. The first-order valence-electron chi connectivity index (χ1n) is 10.3. The molecule has 0 aliphatic carbocycles. The topological polar surface area (TPSA) is 80.3 Å². The fourth-order valence-electron chi connectivity index (χ4n) is 2.60. The Balaban J connectivity index is 2.60. The Labute approximate surface area is 165 Å². The molecule has 0 amide bonds. The van der Waals surface area contributed by atoms with Gasteiger partial charge in [-0.05, 0) is 25.7 Å². The number of hydrogen-bond acceptors (Lipinski definition) is 7. The van der Waals surface area contributed by atoms with Crippen molar-refractivity contribution in [3.05, 3.63) is 0 Å². The Bertz CT molecular complexity index is 472. The Morgan fingerprint density at radius 1 is 0.889 bits per heavy atom. The second-order valence-corrected chi connectivity index (χ2v) is 10.9. The van der Waals surface area contributed by atoms with Gasteiger partial charge < -0.3 is 9.05 Å². The predicted molar refractivity (Wildman–Crippen MR) is 107 cm³/mol. The van der Waals surface area contributed by atoms with Crippen LogP contribution in [0.2, 0.25) is 0 Å². The Morgan fingerprint density at radius 2 is 1.41 bits per heavy atom. The molecule has 0 spiro atoms. The minimum atomic E-state index is -3.78. The van der Waals surface area contributed by atoms with Crippen molar-refractivity contribution in [2.75, 3.05) is 32.8 Å². The zero-order chi connectivity index (χ0) is 20.2. The van der Waals surface area contributed by atoms with Gasteiger partial charge in [-0.15, -0.1) is 0 Å². The first-order chi connectivity index (χ1) is 12.9. The zero-order valence-corrected chi connectivity index (χ0v) is 19.2. The SMILES string of the molecule is CCCCOP(=O)(OCCCC)OCP1(=O)OCC(CC)(CCCC)CO1. The summed E-state index contributed by atoms with van der Waals surface area (Å²) in [5.74, 6) is 0. The highest BCUT2D eigenvalue weighted by atomic mass is 31.2. The van der Waals surface area contributed by atoms with Crippen molar-refractivity contribution in [1.82, 2.24) is 0 Å². The van der Waals surface area contributed by atoms with Crippen LogP contribution in [0.25, 0.3) is 0 Å². The lowest BCUT2D eigenvalue weighted by atomic mass is 9.82. The van der Waals surface area contributed by atoms with E-state index in [9.17, 15) is 9.13 Å². The van der Waals surface area contributed by atoms with Crippen molar-refractivity contribution in [2.24, 2.45) is 5.41 Å². The molecule has 1 rings (SSSR count). The largest absolute Gasteiger partial charge is 0.475 e. The maximum Gasteiger partial charge on any atom is 0.475 e. The van der Waals surface area contributed by atoms with E-state index in [-0.39, 0.29) is 18.6 Å². The van der Waals surface area contributed by atoms with Crippen LogP contribution in [-0.2, 0) is 31.7 Å². The number of phosphoric ester groups is 1. The van der Waals surface area contributed by atoms with Gasteiger partial charge in [0.2, 0.25) is 0 Å². The Morgan fingerprint density at radius 3 is 1.85 bits per heavy atom. The summed E-state index contributed by atoms with van der Waals surface area (Å²) in [5.41, 5.74) is -0.108. The minimum absolute atomic E-state index is 0.108. The number of hydrogen-bond donors (Lipinski definition) is 0.